The Kier molecular flexibility index (Phi) is 5.48. The molecule has 2 aliphatic rings. The van der Waals surface area contributed by atoms with Crippen LogP contribution in [0.1, 0.15) is 28.4 Å². The zero-order valence-corrected chi connectivity index (χ0v) is 16.5. The number of thioether (sulfide) groups is 1. The van der Waals surface area contributed by atoms with Crippen molar-refractivity contribution in [3.05, 3.63) is 47.9 Å². The lowest BCUT2D eigenvalue weighted by Crippen LogP contribution is -2.43. The Morgan fingerprint density at radius 3 is 2.69 bits per heavy atom. The highest BCUT2D eigenvalue weighted by Crippen LogP contribution is 2.41. The van der Waals surface area contributed by atoms with Crippen LogP contribution in [0.15, 0.2) is 41.0 Å². The van der Waals surface area contributed by atoms with Crippen molar-refractivity contribution in [1.82, 2.24) is 4.90 Å². The summed E-state index contributed by atoms with van der Waals surface area (Å²) in [6, 6.07) is 7.54. The number of furan rings is 1. The Morgan fingerprint density at radius 1 is 1.17 bits per heavy atom. The molecule has 29 heavy (non-hydrogen) atoms. The molecule has 0 radical (unpaired) electrons. The van der Waals surface area contributed by atoms with Crippen LogP contribution < -0.4 is 9.47 Å². The molecular weight excluding hydrogens is 398 g/mol. The summed E-state index contributed by atoms with van der Waals surface area (Å²) < 4.78 is 21.5. The summed E-state index contributed by atoms with van der Waals surface area (Å²) in [6.07, 6.45) is 1.52. The van der Waals surface area contributed by atoms with Gasteiger partial charge in [0.1, 0.15) is 30.4 Å². The first kappa shape index (κ1) is 19.4. The van der Waals surface area contributed by atoms with E-state index in [-0.39, 0.29) is 11.7 Å². The van der Waals surface area contributed by atoms with Crippen molar-refractivity contribution in [2.45, 2.75) is 18.3 Å². The second kappa shape index (κ2) is 8.20. The average Bonchev–Trinajstić information content (AvgIpc) is 3.40. The second-order valence-electron chi connectivity index (χ2n) is 6.53. The van der Waals surface area contributed by atoms with Gasteiger partial charge in [0.15, 0.2) is 23.9 Å². The van der Waals surface area contributed by atoms with Gasteiger partial charge < -0.3 is 23.5 Å². The van der Waals surface area contributed by atoms with Crippen molar-refractivity contribution >= 4 is 29.4 Å². The molecule has 2 aromatic rings. The van der Waals surface area contributed by atoms with E-state index in [4.69, 9.17) is 18.6 Å². The second-order valence-corrected chi connectivity index (χ2v) is 7.65. The Balaban J connectivity index is 1.40. The smallest absolute Gasteiger partial charge is 0.330 e. The Morgan fingerprint density at radius 2 is 1.97 bits per heavy atom. The van der Waals surface area contributed by atoms with Crippen molar-refractivity contribution in [3.8, 4) is 11.5 Å². The van der Waals surface area contributed by atoms with Crippen LogP contribution in [-0.2, 0) is 14.3 Å². The molecule has 4 rings (SSSR count). The van der Waals surface area contributed by atoms with E-state index >= 15 is 0 Å². The molecule has 0 N–H and O–H groups in total. The summed E-state index contributed by atoms with van der Waals surface area (Å²) in [5.41, 5.74) is 0.361. The van der Waals surface area contributed by atoms with E-state index in [1.165, 1.54) is 29.8 Å². The van der Waals surface area contributed by atoms with Gasteiger partial charge in [0.2, 0.25) is 5.91 Å². The Labute approximate surface area is 171 Å². The van der Waals surface area contributed by atoms with Gasteiger partial charge in [0.25, 0.3) is 0 Å². The largest absolute Gasteiger partial charge is 0.486 e. The highest BCUT2D eigenvalue weighted by atomic mass is 32.2. The molecule has 2 aliphatic heterocycles. The molecule has 2 atom stereocenters. The fraction of sp³-hybridized carbons (Fsp3) is 0.350. The van der Waals surface area contributed by atoms with Crippen molar-refractivity contribution < 1.29 is 33.0 Å². The normalized spacial score (nSPS) is 20.4. The molecular formula is C20H19NO7S. The quantitative estimate of drug-likeness (QED) is 0.541. The Hall–Kier alpha value is -2.94. The molecule has 0 aliphatic carbocycles. The first-order valence-electron chi connectivity index (χ1n) is 9.08. The minimum Gasteiger partial charge on any atom is -0.486 e. The number of esters is 1. The van der Waals surface area contributed by atoms with Gasteiger partial charge in [-0.1, -0.05) is 0 Å². The van der Waals surface area contributed by atoms with E-state index in [0.717, 1.165) is 0 Å². The maximum Gasteiger partial charge on any atom is 0.330 e. The number of hydrogen-bond acceptors (Lipinski definition) is 8. The van der Waals surface area contributed by atoms with Crippen LogP contribution in [0.5, 0.6) is 11.5 Å². The molecule has 0 saturated carbocycles. The van der Waals surface area contributed by atoms with Crippen molar-refractivity contribution in [2.24, 2.45) is 0 Å². The van der Waals surface area contributed by atoms with E-state index in [9.17, 15) is 14.4 Å². The highest BCUT2D eigenvalue weighted by Gasteiger charge is 2.43. The number of carbonyl (C=O) groups excluding carboxylic acids is 3. The molecule has 0 spiro atoms. The Bertz CT molecular complexity index is 927. The van der Waals surface area contributed by atoms with Crippen LogP contribution in [0.2, 0.25) is 0 Å². The lowest BCUT2D eigenvalue weighted by molar-refractivity contribution is -0.152. The molecule has 3 heterocycles. The van der Waals surface area contributed by atoms with E-state index in [2.05, 4.69) is 0 Å². The standard InChI is InChI=1S/C20H19NO7S/c1-12(22)21-14(11-29-19(21)17-3-2-6-25-17)20(24)28-10-15(23)13-4-5-16-18(9-13)27-8-7-26-16/h2-6,9,14,19H,7-8,10-11H2,1H3/t14-,19-/m0/s1. The maximum absolute atomic E-state index is 12.6. The average molecular weight is 417 g/mol. The van der Waals surface area contributed by atoms with Crippen LogP contribution in [0.4, 0.5) is 0 Å². The molecule has 0 bridgehead atoms. The maximum atomic E-state index is 12.6. The number of benzene rings is 1. The van der Waals surface area contributed by atoms with Gasteiger partial charge >= 0.3 is 5.97 Å². The zero-order valence-electron chi connectivity index (χ0n) is 15.7. The summed E-state index contributed by atoms with van der Waals surface area (Å²) in [6.45, 7) is 1.85. The van der Waals surface area contributed by atoms with Gasteiger partial charge in [0, 0.05) is 18.2 Å². The number of nitrogens with zero attached hydrogens (tertiary/aromatic N) is 1. The van der Waals surface area contributed by atoms with Gasteiger partial charge in [-0.25, -0.2) is 4.79 Å². The van der Waals surface area contributed by atoms with E-state index in [0.29, 0.717) is 41.8 Å². The molecule has 8 nitrogen and oxygen atoms in total. The van der Waals surface area contributed by atoms with Gasteiger partial charge in [-0.3, -0.25) is 9.59 Å². The van der Waals surface area contributed by atoms with Crippen LogP contribution in [0.25, 0.3) is 0 Å². The van der Waals surface area contributed by atoms with Crippen LogP contribution in [0.3, 0.4) is 0 Å². The SMILES string of the molecule is CC(=O)N1[C@H](C(=O)OCC(=O)c2ccc3c(c2)OCCO3)CS[C@H]1c1ccco1. The number of Topliss-reactive ketones (excluding diaryl/α,β-unsaturated/α-hetero) is 1. The molecule has 0 unspecified atom stereocenters. The summed E-state index contributed by atoms with van der Waals surface area (Å²) in [4.78, 5) is 38.6. The molecule has 1 saturated heterocycles. The molecule has 1 amide bonds. The fourth-order valence-corrected chi connectivity index (χ4v) is 4.67. The minimum absolute atomic E-state index is 0.267. The molecule has 1 fully saturated rings. The van der Waals surface area contributed by atoms with E-state index in [1.807, 2.05) is 0 Å². The number of hydrogen-bond donors (Lipinski definition) is 0. The number of rotatable bonds is 5. The third-order valence-electron chi connectivity index (χ3n) is 4.63. The summed E-state index contributed by atoms with van der Waals surface area (Å²) in [7, 11) is 0. The lowest BCUT2D eigenvalue weighted by atomic mass is 10.1. The van der Waals surface area contributed by atoms with E-state index < -0.39 is 24.0 Å². The number of amides is 1. The summed E-state index contributed by atoms with van der Waals surface area (Å²) >= 11 is 1.41. The van der Waals surface area contributed by atoms with Crippen LogP contribution in [-0.4, -0.2) is 54.2 Å². The first-order chi connectivity index (χ1) is 14.0. The molecule has 9 heteroatoms. The fourth-order valence-electron chi connectivity index (χ4n) is 3.26. The van der Waals surface area contributed by atoms with Gasteiger partial charge in [0.05, 0.1) is 6.26 Å². The third-order valence-corrected chi connectivity index (χ3v) is 5.92. The van der Waals surface area contributed by atoms with Crippen molar-refractivity contribution in [1.29, 1.82) is 0 Å². The monoisotopic (exact) mass is 417 g/mol. The van der Waals surface area contributed by atoms with Crippen LogP contribution in [0, 0.1) is 0 Å². The predicted molar refractivity (Wildman–Crippen MR) is 103 cm³/mol. The zero-order chi connectivity index (χ0) is 20.4. The summed E-state index contributed by atoms with van der Waals surface area (Å²) in [5.74, 6) is 0.774. The van der Waals surface area contributed by atoms with Crippen LogP contribution >= 0.6 is 11.8 Å². The minimum atomic E-state index is -0.777. The topological polar surface area (TPSA) is 95.3 Å². The van der Waals surface area contributed by atoms with Gasteiger partial charge in [-0.15, -0.1) is 11.8 Å². The first-order valence-corrected chi connectivity index (χ1v) is 10.1. The number of carbonyl (C=O) groups is 3. The summed E-state index contributed by atoms with van der Waals surface area (Å²) in [5, 5.41) is -0.395. The highest BCUT2D eigenvalue weighted by molar-refractivity contribution is 7.99. The third kappa shape index (κ3) is 3.95. The number of ether oxygens (including phenoxy) is 3. The lowest BCUT2D eigenvalue weighted by Gasteiger charge is -2.25. The molecule has 152 valence electrons. The molecule has 1 aromatic carbocycles. The number of ketones is 1. The van der Waals surface area contributed by atoms with Crippen molar-refractivity contribution in [3.63, 3.8) is 0 Å². The number of fused-ring (bicyclic) bond motifs is 1. The van der Waals surface area contributed by atoms with Crippen molar-refractivity contribution in [2.75, 3.05) is 25.6 Å². The molecule has 1 aromatic heterocycles. The van der Waals surface area contributed by atoms with E-state index in [1.54, 1.807) is 30.3 Å². The van der Waals surface area contributed by atoms with Gasteiger partial charge in [-0.05, 0) is 30.3 Å². The van der Waals surface area contributed by atoms with Gasteiger partial charge in [-0.2, -0.15) is 0 Å². The predicted octanol–water partition coefficient (Wildman–Crippen LogP) is 2.44.